The normalized spacial score (nSPS) is 4.00. The third-order valence-corrected chi connectivity index (χ3v) is 0.0833. The van der Waals surface area contributed by atoms with E-state index in [-0.39, 0.29) is 0 Å². The summed E-state index contributed by atoms with van der Waals surface area (Å²) in [6.45, 7) is 1.69. The van der Waals surface area contributed by atoms with E-state index in [2.05, 4.69) is 4.74 Å². The predicted octanol–water partition coefficient (Wildman–Crippen LogP) is -0.863. The number of hydrogen-bond donors (Lipinski definition) is 0. The van der Waals surface area contributed by atoms with Crippen LogP contribution in [-0.2, 0) is 14.3 Å². The predicted molar refractivity (Wildman–Crippen MR) is 12.5 cm³/mol. The fourth-order valence-corrected chi connectivity index (χ4v) is 0.0170. The molecule has 0 saturated carbocycles. The van der Waals surface area contributed by atoms with Gasteiger partial charge in [-0.2, -0.15) is 0 Å². The molecule has 0 spiro atoms. The standard InChI is InChI=1S/C2O3.2Rf/c3-1-5-2-4;;/q-2;;. The van der Waals surface area contributed by atoms with Crippen LogP contribution in [0.25, 0.3) is 0 Å². The molecule has 0 fully saturated rings. The molecule has 0 unspecified atom stereocenters. The van der Waals surface area contributed by atoms with Crippen molar-refractivity contribution in [2.24, 2.45) is 0 Å². The third kappa shape index (κ3) is 5.52. The van der Waals surface area contributed by atoms with Gasteiger partial charge < -0.3 is 14.3 Å². The molecule has 0 heterocycles. The van der Waals surface area contributed by atoms with Crippen LogP contribution in [0, 0.1) is 0 Å². The van der Waals surface area contributed by atoms with Gasteiger partial charge in [0.1, 0.15) is 0 Å². The van der Waals surface area contributed by atoms with Crippen molar-refractivity contribution < 1.29 is 14.3 Å². The van der Waals surface area contributed by atoms with Gasteiger partial charge in [-0.3, -0.25) is 0 Å². The zero-order valence-corrected chi connectivity index (χ0v) is 16.4. The van der Waals surface area contributed by atoms with Gasteiger partial charge in [0.05, 0.1) is 0 Å². The Bertz CT molecular complexity index is 40.2. The van der Waals surface area contributed by atoms with Gasteiger partial charge in [-0.05, 0) is 0 Å². The Balaban J connectivity index is -0.0000000800. The van der Waals surface area contributed by atoms with E-state index in [1.54, 1.807) is 0 Å². The van der Waals surface area contributed by atoms with Crippen molar-refractivity contribution in [3.05, 3.63) is 0 Å². The number of ether oxygens (including phenoxy) is 1. The monoisotopic (exact) mass is 606 g/mol. The summed E-state index contributed by atoms with van der Waals surface area (Å²) in [4.78, 5) is 17.6. The second-order valence-electron chi connectivity index (χ2n) is 0.269. The van der Waals surface area contributed by atoms with Crippen LogP contribution in [0.1, 0.15) is 0 Å². The molecule has 0 N–H and O–H groups in total. The maximum atomic E-state index is 8.80. The smallest absolute Gasteiger partial charge is 0 e. The first-order chi connectivity index (χ1) is 2.41. The Morgan fingerprint density at radius 2 is 1.29 bits per heavy atom. The third-order valence-electron chi connectivity index (χ3n) is 0.0833. The van der Waals surface area contributed by atoms with Crippen molar-refractivity contribution in [3.63, 3.8) is 0 Å². The van der Waals surface area contributed by atoms with Crippen molar-refractivity contribution in [1.82, 2.24) is 0 Å². The molecule has 0 aliphatic heterocycles. The van der Waals surface area contributed by atoms with E-state index in [0.717, 1.165) is 12.9 Å². The summed E-state index contributed by atoms with van der Waals surface area (Å²) in [7, 11) is 0. The average molecular weight is 606 g/mol. The summed E-state index contributed by atoms with van der Waals surface area (Å²) >= 11 is 0. The van der Waals surface area contributed by atoms with Crippen LogP contribution in [-0.4, -0.2) is 12.9 Å². The molecule has 0 aliphatic rings. The van der Waals surface area contributed by atoms with Crippen LogP contribution in [0.3, 0.4) is 0 Å². The maximum absolute atomic E-state index is 8.80. The van der Waals surface area contributed by atoms with Gasteiger partial charge in [0.2, 0.25) is 0 Å². The zero-order valence-electron chi connectivity index (χ0n) is 3.64. The van der Waals surface area contributed by atoms with E-state index in [1.165, 1.54) is 0 Å². The van der Waals surface area contributed by atoms with Gasteiger partial charge in [0, 0.05) is 0 Å². The first kappa shape index (κ1) is 31.4. The molecule has 32 valence electrons. The van der Waals surface area contributed by atoms with Crippen molar-refractivity contribution in [1.29, 1.82) is 0 Å². The molecule has 0 bridgehead atoms. The molecule has 0 atom stereocenters. The Labute approximate surface area is 28.5 Å². The Kier molecular flexibility index (Phi) is 3290. The molecule has 0 amide bonds. The first-order valence-corrected chi connectivity index (χ1v) is 0.816. The molecule has 0 aromatic rings. The number of rotatable bonds is 2. The van der Waals surface area contributed by atoms with E-state index in [9.17, 15) is 0 Å². The van der Waals surface area contributed by atoms with E-state index >= 15 is 0 Å². The zero-order chi connectivity index (χ0) is 4.12. The van der Waals surface area contributed by atoms with Gasteiger partial charge in [-0.25, -0.2) is 0 Å². The topological polar surface area (TPSA) is 43.4 Å². The molecule has 7 heavy (non-hydrogen) atoms. The summed E-state index contributed by atoms with van der Waals surface area (Å²) in [5.41, 5.74) is 0. The molecule has 0 rings (SSSR count). The summed E-state index contributed by atoms with van der Waals surface area (Å²) in [6.07, 6.45) is 0. The van der Waals surface area contributed by atoms with Gasteiger partial charge in [-0.15, -0.1) is 12.9 Å². The molecule has 3 nitrogen and oxygen atoms in total. The average Bonchev–Trinajstić information content (AvgIpc) is 1.41. The van der Waals surface area contributed by atoms with Crippen LogP contribution in [0.2, 0.25) is 0 Å². The molecule has 0 saturated heterocycles. The van der Waals surface area contributed by atoms with Crippen molar-refractivity contribution >= 4 is 12.9 Å². The second-order valence-corrected chi connectivity index (χ2v) is 0.269. The van der Waals surface area contributed by atoms with E-state index in [0.29, 0.717) is 0 Å². The van der Waals surface area contributed by atoms with Gasteiger partial charge in [0.25, 0.3) is 0 Å². The summed E-state index contributed by atoms with van der Waals surface area (Å²) in [6, 6.07) is 0. The minimum atomic E-state index is 0. The number of carbonyl (C=O) groups excluding carboxylic acids is 2. The molecular weight excluding hydrogens is 606 g/mol. The minimum Gasteiger partial charge on any atom is -0.783 e. The molecule has 0 radical (unpaired) electrons. The van der Waals surface area contributed by atoms with Crippen LogP contribution in [0.5, 0.6) is 0 Å². The van der Waals surface area contributed by atoms with Crippen molar-refractivity contribution in [2.75, 3.05) is 0 Å². The molecule has 5 heteroatoms. The minimum absolute atomic E-state index is 0. The van der Waals surface area contributed by atoms with Crippen LogP contribution >= 0.6 is 0 Å². The quantitative estimate of drug-likeness (QED) is 0.304. The SMILES string of the molecule is O=[C-]O[C-]=O.[Rf].[Rf]. The van der Waals surface area contributed by atoms with E-state index in [1.807, 2.05) is 0 Å². The maximum Gasteiger partial charge on any atom is 0 e. The van der Waals surface area contributed by atoms with Crippen molar-refractivity contribution in [3.8, 4) is 0 Å². The number of hydrogen-bond acceptors (Lipinski definition) is 3. The summed E-state index contributed by atoms with van der Waals surface area (Å²) in [5, 5.41) is 0. The molecule has 0 aromatic heterocycles. The Hall–Kier alpha value is -2.86. The van der Waals surface area contributed by atoms with Crippen LogP contribution < -0.4 is 0 Å². The van der Waals surface area contributed by atoms with Crippen LogP contribution in [0.4, 0.5) is 0 Å². The van der Waals surface area contributed by atoms with Gasteiger partial charge in [-0.1, -0.05) is 0 Å². The van der Waals surface area contributed by atoms with Crippen molar-refractivity contribution in [2.45, 2.75) is 0 Å². The molecule has 0 aliphatic carbocycles. The Morgan fingerprint density at radius 3 is 1.29 bits per heavy atom. The van der Waals surface area contributed by atoms with Crippen LogP contribution in [0.15, 0.2) is 0 Å². The summed E-state index contributed by atoms with van der Waals surface area (Å²) in [5.74, 6) is 0. The van der Waals surface area contributed by atoms with E-state index in [4.69, 9.17) is 9.59 Å². The first-order valence-electron chi connectivity index (χ1n) is 0.816. The Morgan fingerprint density at radius 1 is 1.00 bits per heavy atom. The van der Waals surface area contributed by atoms with E-state index < -0.39 is 0 Å². The molecular formula is C2O3Rf2-2. The van der Waals surface area contributed by atoms with Gasteiger partial charge in [0.15, 0.2) is 0 Å². The largest absolute Gasteiger partial charge is 0.783 e. The molecule has 0 aromatic carbocycles. The fourth-order valence-electron chi connectivity index (χ4n) is 0.0170. The second kappa shape index (κ2) is 734. The summed E-state index contributed by atoms with van der Waals surface area (Å²) < 4.78 is 3.22. The van der Waals surface area contributed by atoms with Gasteiger partial charge >= 0.3 is 0 Å². The fraction of sp³-hybridized carbons (Fsp3) is 0.